The number of benzene rings is 2. The van der Waals surface area contributed by atoms with Gasteiger partial charge in [0.25, 0.3) is 5.56 Å². The summed E-state index contributed by atoms with van der Waals surface area (Å²) in [6.07, 6.45) is 3.47. The lowest BCUT2D eigenvalue weighted by atomic mass is 10.0. The van der Waals surface area contributed by atoms with Gasteiger partial charge in [-0.25, -0.2) is 23.7 Å². The molecule has 166 valence electrons. The highest BCUT2D eigenvalue weighted by atomic mass is 19.1. The van der Waals surface area contributed by atoms with Gasteiger partial charge in [-0.15, -0.1) is 0 Å². The zero-order valence-corrected chi connectivity index (χ0v) is 17.9. The fourth-order valence-electron chi connectivity index (χ4n) is 4.13. The third-order valence-corrected chi connectivity index (χ3v) is 5.80. The average molecular weight is 446 g/mol. The number of hydrogen-bond acceptors (Lipinski definition) is 5. The summed E-state index contributed by atoms with van der Waals surface area (Å²) < 4.78 is 30.5. The highest BCUT2D eigenvalue weighted by molar-refractivity contribution is 5.86. The summed E-state index contributed by atoms with van der Waals surface area (Å²) >= 11 is 0. The van der Waals surface area contributed by atoms with Gasteiger partial charge in [0.05, 0.1) is 23.4 Å². The molecule has 0 aliphatic heterocycles. The number of rotatable bonds is 5. The minimum Gasteiger partial charge on any atom is -0.360 e. The SMILES string of the molecule is CC[C@H](Nc1ncnc2nc[nH]c12)c1cc2ccc(F)c(C)c2c(=O)n1-c1ccccc1F. The van der Waals surface area contributed by atoms with Crippen LogP contribution in [0.5, 0.6) is 0 Å². The Balaban J connectivity index is 1.78. The van der Waals surface area contributed by atoms with Crippen LogP contribution in [0.1, 0.15) is 30.6 Å². The second kappa shape index (κ2) is 8.09. The Hall–Kier alpha value is -4.14. The van der Waals surface area contributed by atoms with Crippen LogP contribution in [0.15, 0.2) is 59.9 Å². The van der Waals surface area contributed by atoms with Crippen molar-refractivity contribution in [2.24, 2.45) is 0 Å². The third kappa shape index (κ3) is 3.42. The molecule has 0 fully saturated rings. The highest BCUT2D eigenvalue weighted by Gasteiger charge is 2.22. The summed E-state index contributed by atoms with van der Waals surface area (Å²) in [6.45, 7) is 3.50. The number of aromatic nitrogens is 5. The molecule has 3 heterocycles. The van der Waals surface area contributed by atoms with E-state index in [2.05, 4.69) is 25.3 Å². The van der Waals surface area contributed by atoms with E-state index in [1.807, 2.05) is 6.92 Å². The average Bonchev–Trinajstić information content (AvgIpc) is 3.30. The van der Waals surface area contributed by atoms with E-state index in [-0.39, 0.29) is 16.6 Å². The van der Waals surface area contributed by atoms with Gasteiger partial charge in [0.2, 0.25) is 0 Å². The summed E-state index contributed by atoms with van der Waals surface area (Å²) in [5.74, 6) is -0.533. The number of fused-ring (bicyclic) bond motifs is 2. The Kier molecular flexibility index (Phi) is 5.08. The number of nitrogens with zero attached hydrogens (tertiary/aromatic N) is 4. The predicted octanol–water partition coefficient (Wildman–Crippen LogP) is 4.81. The summed E-state index contributed by atoms with van der Waals surface area (Å²) in [6, 6.07) is 10.3. The number of aromatic amines is 1. The van der Waals surface area contributed by atoms with Gasteiger partial charge in [0.15, 0.2) is 11.5 Å². The smallest absolute Gasteiger partial charge is 0.263 e. The van der Waals surface area contributed by atoms with E-state index in [1.165, 1.54) is 35.4 Å². The van der Waals surface area contributed by atoms with Crippen LogP contribution in [-0.4, -0.2) is 24.5 Å². The number of hydrogen-bond donors (Lipinski definition) is 2. The van der Waals surface area contributed by atoms with Crippen molar-refractivity contribution < 1.29 is 8.78 Å². The number of nitrogens with one attached hydrogen (secondary N) is 2. The summed E-state index contributed by atoms with van der Waals surface area (Å²) in [5, 5.41) is 4.14. The Morgan fingerprint density at radius 1 is 1.09 bits per heavy atom. The van der Waals surface area contributed by atoms with E-state index in [0.29, 0.717) is 34.5 Å². The van der Waals surface area contributed by atoms with E-state index in [1.54, 1.807) is 31.2 Å². The molecular formula is C24H20F2N6O. The number of H-pyrrole nitrogens is 1. The monoisotopic (exact) mass is 446 g/mol. The van der Waals surface area contributed by atoms with Gasteiger partial charge in [-0.1, -0.05) is 25.1 Å². The van der Waals surface area contributed by atoms with Crippen molar-refractivity contribution in [3.05, 3.63) is 88.4 Å². The first kappa shape index (κ1) is 20.7. The van der Waals surface area contributed by atoms with E-state index in [9.17, 15) is 13.6 Å². The number of pyridine rings is 1. The molecular weight excluding hydrogens is 426 g/mol. The van der Waals surface area contributed by atoms with Crippen molar-refractivity contribution in [1.29, 1.82) is 0 Å². The number of halogens is 2. The van der Waals surface area contributed by atoms with Crippen LogP contribution in [0.2, 0.25) is 0 Å². The van der Waals surface area contributed by atoms with Gasteiger partial charge in [-0.2, -0.15) is 0 Å². The van der Waals surface area contributed by atoms with Crippen LogP contribution in [0.25, 0.3) is 27.6 Å². The maximum Gasteiger partial charge on any atom is 0.263 e. The van der Waals surface area contributed by atoms with Crippen LogP contribution in [0.3, 0.4) is 0 Å². The molecule has 5 aromatic rings. The first-order valence-electron chi connectivity index (χ1n) is 10.5. The van der Waals surface area contributed by atoms with E-state index >= 15 is 0 Å². The van der Waals surface area contributed by atoms with Crippen LogP contribution in [-0.2, 0) is 0 Å². The minimum atomic E-state index is -0.554. The van der Waals surface area contributed by atoms with Crippen molar-refractivity contribution in [3.8, 4) is 5.69 Å². The van der Waals surface area contributed by atoms with Gasteiger partial charge in [0.1, 0.15) is 23.5 Å². The zero-order valence-electron chi connectivity index (χ0n) is 17.9. The predicted molar refractivity (Wildman–Crippen MR) is 123 cm³/mol. The largest absolute Gasteiger partial charge is 0.360 e. The molecule has 5 rings (SSSR count). The van der Waals surface area contributed by atoms with Crippen molar-refractivity contribution >= 4 is 27.8 Å². The molecule has 0 bridgehead atoms. The zero-order chi connectivity index (χ0) is 23.1. The lowest BCUT2D eigenvalue weighted by molar-refractivity contribution is 0.605. The maximum atomic E-state index is 14.9. The standard InChI is InChI=1S/C24H20F2N6O/c1-3-17(31-23-21-22(28-11-27-21)29-12-30-23)19-10-14-8-9-15(25)13(2)20(14)24(33)32(19)18-7-5-4-6-16(18)26/h4-12,17H,3H2,1-2H3,(H2,27,28,29,30,31)/t17-/m0/s1. The number of imidazole rings is 1. The van der Waals surface area contributed by atoms with Crippen molar-refractivity contribution in [2.45, 2.75) is 26.3 Å². The second-order valence-electron chi connectivity index (χ2n) is 7.73. The van der Waals surface area contributed by atoms with Crippen molar-refractivity contribution in [1.82, 2.24) is 24.5 Å². The molecule has 0 amide bonds. The van der Waals surface area contributed by atoms with Gasteiger partial charge >= 0.3 is 0 Å². The van der Waals surface area contributed by atoms with E-state index in [4.69, 9.17) is 0 Å². The molecule has 0 saturated heterocycles. The van der Waals surface area contributed by atoms with Gasteiger partial charge in [0, 0.05) is 5.69 Å². The third-order valence-electron chi connectivity index (χ3n) is 5.80. The number of aryl methyl sites for hydroxylation is 1. The molecule has 1 atom stereocenters. The van der Waals surface area contributed by atoms with Crippen LogP contribution < -0.4 is 10.9 Å². The van der Waals surface area contributed by atoms with Crippen LogP contribution >= 0.6 is 0 Å². The van der Waals surface area contributed by atoms with Crippen LogP contribution in [0, 0.1) is 18.6 Å². The molecule has 3 aromatic heterocycles. The fourth-order valence-corrected chi connectivity index (χ4v) is 4.13. The molecule has 0 spiro atoms. The lowest BCUT2D eigenvalue weighted by Gasteiger charge is -2.24. The normalized spacial score (nSPS) is 12.4. The molecule has 7 nitrogen and oxygen atoms in total. The second-order valence-corrected chi connectivity index (χ2v) is 7.73. The van der Waals surface area contributed by atoms with Crippen molar-refractivity contribution in [3.63, 3.8) is 0 Å². The first-order chi connectivity index (χ1) is 16.0. The molecule has 0 saturated carbocycles. The molecule has 2 N–H and O–H groups in total. The molecule has 0 radical (unpaired) electrons. The lowest BCUT2D eigenvalue weighted by Crippen LogP contribution is -2.27. The number of para-hydroxylation sites is 1. The quantitative estimate of drug-likeness (QED) is 0.405. The summed E-state index contributed by atoms with van der Waals surface area (Å²) in [5.41, 5.74) is 1.48. The number of anilines is 1. The molecule has 33 heavy (non-hydrogen) atoms. The summed E-state index contributed by atoms with van der Waals surface area (Å²) in [4.78, 5) is 29.3. The highest BCUT2D eigenvalue weighted by Crippen LogP contribution is 2.29. The van der Waals surface area contributed by atoms with Gasteiger partial charge in [-0.3, -0.25) is 9.36 Å². The summed E-state index contributed by atoms with van der Waals surface area (Å²) in [7, 11) is 0. The Morgan fingerprint density at radius 2 is 1.91 bits per heavy atom. The first-order valence-corrected chi connectivity index (χ1v) is 10.5. The van der Waals surface area contributed by atoms with E-state index < -0.39 is 23.2 Å². The fraction of sp³-hybridized carbons (Fsp3) is 0.167. The molecule has 9 heteroatoms. The van der Waals surface area contributed by atoms with Crippen molar-refractivity contribution in [2.75, 3.05) is 5.32 Å². The Morgan fingerprint density at radius 3 is 2.70 bits per heavy atom. The van der Waals surface area contributed by atoms with E-state index in [0.717, 1.165) is 0 Å². The molecule has 2 aromatic carbocycles. The topological polar surface area (TPSA) is 88.5 Å². The van der Waals surface area contributed by atoms with Gasteiger partial charge in [-0.05, 0) is 48.6 Å². The molecule has 0 aliphatic rings. The van der Waals surface area contributed by atoms with Gasteiger partial charge < -0.3 is 10.3 Å². The van der Waals surface area contributed by atoms with Crippen LogP contribution in [0.4, 0.5) is 14.6 Å². The minimum absolute atomic E-state index is 0.0951. The maximum absolute atomic E-state index is 14.9. The Bertz CT molecular complexity index is 1560. The molecule has 0 unspecified atom stereocenters. The molecule has 0 aliphatic carbocycles. The Labute approximate surface area is 187 Å².